The van der Waals surface area contributed by atoms with Crippen molar-refractivity contribution in [1.82, 2.24) is 4.98 Å². The number of aromatic amines is 1. The smallest absolute Gasteiger partial charge is 0.204 e. The Kier molecular flexibility index (Phi) is 9.06. The molecule has 3 rings (SSSR count). The van der Waals surface area contributed by atoms with Crippen molar-refractivity contribution in [3.8, 4) is 17.4 Å². The van der Waals surface area contributed by atoms with E-state index < -0.39 is 0 Å². The molecule has 31 heavy (non-hydrogen) atoms. The van der Waals surface area contributed by atoms with Gasteiger partial charge < -0.3 is 19.2 Å². The first kappa shape index (κ1) is 23.0. The number of aromatic nitrogens is 1. The van der Waals surface area contributed by atoms with Gasteiger partial charge in [0.2, 0.25) is 5.88 Å². The molecule has 1 aromatic heterocycles. The Hall–Kier alpha value is -2.70. The zero-order chi connectivity index (χ0) is 21.9. The zero-order valence-electron chi connectivity index (χ0n) is 17.8. The molecular formula is C25H29NO4S. The average molecular weight is 440 g/mol. The minimum atomic E-state index is -0.101. The number of H-pyrrole nitrogens is 1. The Morgan fingerprint density at radius 2 is 1.71 bits per heavy atom. The monoisotopic (exact) mass is 439 g/mol. The third kappa shape index (κ3) is 6.91. The summed E-state index contributed by atoms with van der Waals surface area (Å²) < 4.78 is 16.8. The third-order valence-electron chi connectivity index (χ3n) is 4.77. The van der Waals surface area contributed by atoms with Crippen molar-refractivity contribution in [2.45, 2.75) is 32.6 Å². The molecule has 0 aliphatic carbocycles. The van der Waals surface area contributed by atoms with Gasteiger partial charge in [-0.2, -0.15) is 12.6 Å². The Morgan fingerprint density at radius 3 is 2.42 bits per heavy atom. The minimum Gasteiger partial charge on any atom is -0.457 e. The van der Waals surface area contributed by atoms with Gasteiger partial charge in [0, 0.05) is 17.9 Å². The molecule has 2 aromatic carbocycles. The minimum absolute atomic E-state index is 0.0975. The summed E-state index contributed by atoms with van der Waals surface area (Å²) in [6, 6.07) is 18.6. The van der Waals surface area contributed by atoms with E-state index in [1.165, 1.54) is 0 Å². The number of para-hydroxylation sites is 1. The lowest BCUT2D eigenvalue weighted by atomic mass is 10.0. The maximum atomic E-state index is 13.2. The first-order valence-corrected chi connectivity index (χ1v) is 11.3. The van der Waals surface area contributed by atoms with E-state index in [0.717, 1.165) is 42.9 Å². The second-order valence-corrected chi connectivity index (χ2v) is 7.54. The van der Waals surface area contributed by atoms with Crippen LogP contribution in [0, 0.1) is 0 Å². The van der Waals surface area contributed by atoms with Gasteiger partial charge in [-0.15, -0.1) is 0 Å². The SMILES string of the molecule is CCOCOc1[nH]c(CCCCCS)cc1C(=O)c1ccc(Oc2ccccc2)cc1. The number of unbranched alkanes of at least 4 members (excludes halogenated alkanes) is 2. The van der Waals surface area contributed by atoms with Gasteiger partial charge >= 0.3 is 0 Å². The average Bonchev–Trinajstić information content (AvgIpc) is 3.20. The van der Waals surface area contributed by atoms with Crippen LogP contribution in [0.4, 0.5) is 0 Å². The number of ketones is 1. The highest BCUT2D eigenvalue weighted by Gasteiger charge is 2.19. The lowest BCUT2D eigenvalue weighted by molar-refractivity contribution is 0.0195. The number of carbonyl (C=O) groups excluding carboxylic acids is 1. The number of hydrogen-bond acceptors (Lipinski definition) is 5. The standard InChI is InChI=1S/C25H29NO4S/c1-2-28-18-29-25-23(17-20(26-25)9-5-4-8-16-31)24(27)19-12-14-22(15-13-19)30-21-10-6-3-7-11-21/h3,6-7,10-15,17,26,31H,2,4-5,8-9,16,18H2,1H3. The molecule has 1 heterocycles. The molecule has 0 atom stereocenters. The second-order valence-electron chi connectivity index (χ2n) is 7.10. The van der Waals surface area contributed by atoms with Gasteiger partial charge in [0.15, 0.2) is 12.6 Å². The van der Waals surface area contributed by atoms with Crippen molar-refractivity contribution in [2.75, 3.05) is 19.2 Å². The highest BCUT2D eigenvalue weighted by molar-refractivity contribution is 7.80. The maximum Gasteiger partial charge on any atom is 0.204 e. The Balaban J connectivity index is 1.72. The first-order valence-electron chi connectivity index (χ1n) is 10.6. The number of hydrogen-bond donors (Lipinski definition) is 2. The van der Waals surface area contributed by atoms with Gasteiger partial charge in [-0.05, 0) is 74.4 Å². The maximum absolute atomic E-state index is 13.2. The van der Waals surface area contributed by atoms with E-state index in [-0.39, 0.29) is 12.6 Å². The van der Waals surface area contributed by atoms with Crippen LogP contribution < -0.4 is 9.47 Å². The molecule has 0 saturated heterocycles. The number of carbonyl (C=O) groups is 1. The lowest BCUT2D eigenvalue weighted by Gasteiger charge is -2.08. The van der Waals surface area contributed by atoms with E-state index in [4.69, 9.17) is 14.2 Å². The molecule has 0 aliphatic rings. The molecular weight excluding hydrogens is 410 g/mol. The fraction of sp³-hybridized carbons (Fsp3) is 0.320. The quantitative estimate of drug-likeness (QED) is 0.147. The topological polar surface area (TPSA) is 60.5 Å². The second kappa shape index (κ2) is 12.2. The normalized spacial score (nSPS) is 10.8. The molecule has 0 amide bonds. The van der Waals surface area contributed by atoms with Crippen molar-refractivity contribution >= 4 is 18.4 Å². The molecule has 0 unspecified atom stereocenters. The van der Waals surface area contributed by atoms with Crippen LogP contribution in [0.5, 0.6) is 17.4 Å². The van der Waals surface area contributed by atoms with Gasteiger partial charge in [-0.3, -0.25) is 4.79 Å². The van der Waals surface area contributed by atoms with Gasteiger partial charge in [0.05, 0.1) is 5.56 Å². The molecule has 3 aromatic rings. The Bertz CT molecular complexity index is 938. The largest absolute Gasteiger partial charge is 0.457 e. The number of rotatable bonds is 13. The van der Waals surface area contributed by atoms with Crippen molar-refractivity contribution in [3.63, 3.8) is 0 Å². The van der Waals surface area contributed by atoms with Crippen molar-refractivity contribution in [3.05, 3.63) is 77.5 Å². The summed E-state index contributed by atoms with van der Waals surface area (Å²) in [4.78, 5) is 16.4. The molecule has 164 valence electrons. The first-order chi connectivity index (χ1) is 15.2. The molecule has 0 bridgehead atoms. The Labute approximate surface area is 189 Å². The van der Waals surface area contributed by atoms with E-state index >= 15 is 0 Å². The number of nitrogens with one attached hydrogen (secondary N) is 1. The van der Waals surface area contributed by atoms with Gasteiger partial charge in [-0.1, -0.05) is 24.6 Å². The van der Waals surface area contributed by atoms with Gasteiger partial charge in [-0.25, -0.2) is 0 Å². The third-order valence-corrected chi connectivity index (χ3v) is 5.09. The van der Waals surface area contributed by atoms with Crippen LogP contribution in [0.2, 0.25) is 0 Å². The number of thiol groups is 1. The summed E-state index contributed by atoms with van der Waals surface area (Å²) in [6.07, 6.45) is 4.07. The van der Waals surface area contributed by atoms with Crippen LogP contribution in [-0.4, -0.2) is 29.9 Å². The predicted octanol–water partition coefficient (Wildman–Crippen LogP) is 6.05. The predicted molar refractivity (Wildman–Crippen MR) is 126 cm³/mol. The fourth-order valence-corrected chi connectivity index (χ4v) is 3.37. The molecule has 6 heteroatoms. The highest BCUT2D eigenvalue weighted by atomic mass is 32.1. The summed E-state index contributed by atoms with van der Waals surface area (Å²) in [5, 5.41) is 0. The van der Waals surface area contributed by atoms with Crippen molar-refractivity contribution in [1.29, 1.82) is 0 Å². The number of benzene rings is 2. The molecule has 0 aliphatic heterocycles. The molecule has 0 spiro atoms. The summed E-state index contributed by atoms with van der Waals surface area (Å²) in [5.74, 6) is 2.67. The van der Waals surface area contributed by atoms with Crippen LogP contribution in [-0.2, 0) is 11.2 Å². The summed E-state index contributed by atoms with van der Waals surface area (Å²) in [5.41, 5.74) is 2.07. The molecule has 0 saturated carbocycles. The molecule has 1 N–H and O–H groups in total. The fourth-order valence-electron chi connectivity index (χ4n) is 3.15. The summed E-state index contributed by atoms with van der Waals surface area (Å²) in [6.45, 7) is 2.54. The van der Waals surface area contributed by atoms with Gasteiger partial charge in [0.25, 0.3) is 0 Å². The van der Waals surface area contributed by atoms with Crippen molar-refractivity contribution < 1.29 is 19.0 Å². The van der Waals surface area contributed by atoms with Crippen LogP contribution in [0.3, 0.4) is 0 Å². The van der Waals surface area contributed by atoms with Crippen LogP contribution in [0.15, 0.2) is 60.7 Å². The molecule has 5 nitrogen and oxygen atoms in total. The Morgan fingerprint density at radius 1 is 0.968 bits per heavy atom. The van der Waals surface area contributed by atoms with E-state index in [1.807, 2.05) is 43.3 Å². The van der Waals surface area contributed by atoms with Crippen LogP contribution in [0.1, 0.15) is 47.8 Å². The molecule has 0 radical (unpaired) electrons. The highest BCUT2D eigenvalue weighted by Crippen LogP contribution is 2.26. The van der Waals surface area contributed by atoms with E-state index in [9.17, 15) is 4.79 Å². The molecule has 0 fully saturated rings. The lowest BCUT2D eigenvalue weighted by Crippen LogP contribution is -2.07. The van der Waals surface area contributed by atoms with Crippen LogP contribution >= 0.6 is 12.6 Å². The summed E-state index contributed by atoms with van der Waals surface area (Å²) >= 11 is 4.26. The van der Waals surface area contributed by atoms with E-state index in [2.05, 4.69) is 17.6 Å². The zero-order valence-corrected chi connectivity index (χ0v) is 18.7. The number of aryl methyl sites for hydroxylation is 1. The van der Waals surface area contributed by atoms with Crippen molar-refractivity contribution in [2.24, 2.45) is 0 Å². The van der Waals surface area contributed by atoms with Gasteiger partial charge in [0.1, 0.15) is 11.5 Å². The summed E-state index contributed by atoms with van der Waals surface area (Å²) in [7, 11) is 0. The van der Waals surface area contributed by atoms with E-state index in [1.54, 1.807) is 24.3 Å². The number of ether oxygens (including phenoxy) is 3. The van der Waals surface area contributed by atoms with E-state index in [0.29, 0.717) is 29.4 Å². The van der Waals surface area contributed by atoms with Crippen LogP contribution in [0.25, 0.3) is 0 Å².